The summed E-state index contributed by atoms with van der Waals surface area (Å²) in [4.78, 5) is 34.6. The fourth-order valence-electron chi connectivity index (χ4n) is 2.15. The first-order valence-corrected chi connectivity index (χ1v) is 7.58. The van der Waals surface area contributed by atoms with E-state index < -0.39 is 11.7 Å². The Bertz CT molecular complexity index is 645. The minimum atomic E-state index is -0.568. The molecule has 1 amide bonds. The molecule has 6 nitrogen and oxygen atoms in total. The monoisotopic (exact) mass is 321 g/mol. The molecule has 0 aromatic carbocycles. The number of allylic oxidation sites excluding steroid dienone is 1. The lowest BCUT2D eigenvalue weighted by Gasteiger charge is -2.11. The molecule has 1 rings (SSSR count). The van der Waals surface area contributed by atoms with Crippen LogP contribution in [0.3, 0.4) is 0 Å². The molecule has 1 atom stereocenters. The number of hydrogen-bond donors (Lipinski definition) is 1. The highest BCUT2D eigenvalue weighted by Gasteiger charge is 2.17. The van der Waals surface area contributed by atoms with Gasteiger partial charge in [0.15, 0.2) is 5.78 Å². The molecule has 23 heavy (non-hydrogen) atoms. The summed E-state index contributed by atoms with van der Waals surface area (Å²) in [6, 6.07) is 1.76. The van der Waals surface area contributed by atoms with Crippen molar-refractivity contribution in [3.8, 4) is 0 Å². The van der Waals surface area contributed by atoms with Gasteiger partial charge in [0, 0.05) is 18.5 Å². The summed E-state index contributed by atoms with van der Waals surface area (Å²) >= 11 is 0. The Morgan fingerprint density at radius 2 is 2.13 bits per heavy atom. The molecule has 0 aliphatic rings. The molecular formula is C17H23NO5. The lowest BCUT2D eigenvalue weighted by Crippen LogP contribution is -2.17. The third kappa shape index (κ3) is 5.39. The fourth-order valence-corrected chi connectivity index (χ4v) is 2.15. The molecule has 0 radical (unpaired) electrons. The number of rotatable bonds is 7. The van der Waals surface area contributed by atoms with Crippen LogP contribution in [0.2, 0.25) is 0 Å². The molecule has 0 aliphatic carbocycles. The van der Waals surface area contributed by atoms with Gasteiger partial charge in [0.05, 0.1) is 7.11 Å². The van der Waals surface area contributed by atoms with Gasteiger partial charge in [-0.1, -0.05) is 19.9 Å². The Hall–Kier alpha value is -2.37. The van der Waals surface area contributed by atoms with E-state index in [1.165, 1.54) is 13.3 Å². The van der Waals surface area contributed by atoms with Gasteiger partial charge in [-0.2, -0.15) is 0 Å². The third-order valence-corrected chi connectivity index (χ3v) is 3.52. The summed E-state index contributed by atoms with van der Waals surface area (Å²) in [5.41, 5.74) is 0.227. The van der Waals surface area contributed by atoms with Crippen LogP contribution in [0.15, 0.2) is 27.6 Å². The van der Waals surface area contributed by atoms with Crippen LogP contribution in [0.1, 0.15) is 60.7 Å². The van der Waals surface area contributed by atoms with E-state index >= 15 is 0 Å². The Kier molecular flexibility index (Phi) is 7.25. The maximum Gasteiger partial charge on any atom is 0.410 e. The molecule has 126 valence electrons. The predicted octanol–water partition coefficient (Wildman–Crippen LogP) is 3.29. The van der Waals surface area contributed by atoms with Gasteiger partial charge in [0.2, 0.25) is 0 Å². The number of ether oxygens (including phenoxy) is 1. The van der Waals surface area contributed by atoms with Crippen molar-refractivity contribution in [2.24, 2.45) is 0 Å². The molecule has 0 aliphatic heterocycles. The largest absolute Gasteiger partial charge is 0.453 e. The van der Waals surface area contributed by atoms with Crippen LogP contribution < -0.4 is 10.9 Å². The second-order valence-electron chi connectivity index (χ2n) is 5.29. The molecule has 0 saturated carbocycles. The Balaban J connectivity index is 2.71. The van der Waals surface area contributed by atoms with Crippen molar-refractivity contribution in [2.45, 2.75) is 46.0 Å². The molecule has 1 aromatic heterocycles. The highest BCUT2D eigenvalue weighted by molar-refractivity contribution is 5.96. The molecular weight excluding hydrogens is 298 g/mol. The number of aryl methyl sites for hydroxylation is 1. The maximum absolute atomic E-state index is 12.0. The quantitative estimate of drug-likeness (QED) is 0.779. The van der Waals surface area contributed by atoms with Gasteiger partial charge in [0.25, 0.3) is 0 Å². The average Bonchev–Trinajstić information content (AvgIpc) is 2.52. The van der Waals surface area contributed by atoms with E-state index in [4.69, 9.17) is 4.42 Å². The second kappa shape index (κ2) is 8.92. The molecule has 1 heterocycles. The van der Waals surface area contributed by atoms with Crippen molar-refractivity contribution in [1.29, 1.82) is 0 Å². The topological polar surface area (TPSA) is 85.6 Å². The van der Waals surface area contributed by atoms with Gasteiger partial charge in [-0.15, -0.1) is 0 Å². The van der Waals surface area contributed by atoms with Crippen LogP contribution in [0.4, 0.5) is 4.79 Å². The van der Waals surface area contributed by atoms with E-state index in [1.807, 2.05) is 6.92 Å². The summed E-state index contributed by atoms with van der Waals surface area (Å²) in [5.74, 6) is 0.386. The average molecular weight is 321 g/mol. The van der Waals surface area contributed by atoms with Crippen LogP contribution in [-0.4, -0.2) is 19.0 Å². The third-order valence-electron chi connectivity index (χ3n) is 3.52. The van der Waals surface area contributed by atoms with Crippen molar-refractivity contribution in [3.63, 3.8) is 0 Å². The molecule has 0 spiro atoms. The zero-order chi connectivity index (χ0) is 17.4. The van der Waals surface area contributed by atoms with Gasteiger partial charge >= 0.3 is 11.7 Å². The summed E-state index contributed by atoms with van der Waals surface area (Å²) < 4.78 is 9.73. The van der Waals surface area contributed by atoms with Crippen LogP contribution >= 0.6 is 0 Å². The van der Waals surface area contributed by atoms with Gasteiger partial charge in [-0.25, -0.2) is 9.59 Å². The SMILES string of the molecule is CCC(=O)c1c(C)cc(C(C)CC/C=C/NC(=O)OC)oc1=O. The minimum Gasteiger partial charge on any atom is -0.453 e. The van der Waals surface area contributed by atoms with Crippen LogP contribution in [0.25, 0.3) is 0 Å². The van der Waals surface area contributed by atoms with Gasteiger partial charge in [0.1, 0.15) is 11.3 Å². The van der Waals surface area contributed by atoms with E-state index in [-0.39, 0.29) is 23.7 Å². The van der Waals surface area contributed by atoms with E-state index in [0.717, 1.165) is 6.42 Å². The lowest BCUT2D eigenvalue weighted by molar-refractivity contribution is 0.0983. The van der Waals surface area contributed by atoms with E-state index in [0.29, 0.717) is 17.7 Å². The zero-order valence-corrected chi connectivity index (χ0v) is 14.0. The smallest absolute Gasteiger partial charge is 0.410 e. The number of hydrogen-bond acceptors (Lipinski definition) is 5. The van der Waals surface area contributed by atoms with E-state index in [9.17, 15) is 14.4 Å². The number of nitrogens with one attached hydrogen (secondary N) is 1. The first-order chi connectivity index (χ1) is 10.9. The number of alkyl carbamates (subject to hydrolysis) is 1. The maximum atomic E-state index is 12.0. The highest BCUT2D eigenvalue weighted by Crippen LogP contribution is 2.21. The van der Waals surface area contributed by atoms with E-state index in [2.05, 4.69) is 10.1 Å². The van der Waals surface area contributed by atoms with Crippen molar-refractivity contribution >= 4 is 11.9 Å². The predicted molar refractivity (Wildman–Crippen MR) is 86.7 cm³/mol. The Morgan fingerprint density at radius 3 is 2.70 bits per heavy atom. The first-order valence-electron chi connectivity index (χ1n) is 7.58. The second-order valence-corrected chi connectivity index (χ2v) is 5.29. The summed E-state index contributed by atoms with van der Waals surface area (Å²) in [7, 11) is 1.29. The summed E-state index contributed by atoms with van der Waals surface area (Å²) in [6.45, 7) is 5.41. The minimum absolute atomic E-state index is 0.0231. The molecule has 0 bridgehead atoms. The number of Topliss-reactive ketones (excluding diaryl/α,β-unsaturated/α-hetero) is 1. The summed E-state index contributed by atoms with van der Waals surface area (Å²) in [6.07, 6.45) is 4.51. The van der Waals surface area contributed by atoms with Crippen molar-refractivity contribution in [3.05, 3.63) is 45.6 Å². The lowest BCUT2D eigenvalue weighted by atomic mass is 9.99. The van der Waals surface area contributed by atoms with Crippen molar-refractivity contribution in [2.75, 3.05) is 7.11 Å². The molecule has 6 heteroatoms. The first kappa shape index (κ1) is 18.7. The molecule has 1 unspecified atom stereocenters. The van der Waals surface area contributed by atoms with Crippen molar-refractivity contribution in [1.82, 2.24) is 5.32 Å². The standard InChI is InChI=1S/C17H23NO5/c1-5-13(19)15-12(3)10-14(23-16(15)20)11(2)8-6-7-9-18-17(21)22-4/h7,9-11H,5-6,8H2,1-4H3,(H,18,21)/b9-7+. The number of carbonyl (C=O) groups is 2. The molecule has 1 aromatic rings. The number of methoxy groups -OCH3 is 1. The van der Waals surface area contributed by atoms with Crippen LogP contribution in [0, 0.1) is 6.92 Å². The zero-order valence-electron chi connectivity index (χ0n) is 14.0. The molecule has 1 N–H and O–H groups in total. The number of amides is 1. The summed E-state index contributed by atoms with van der Waals surface area (Å²) in [5, 5.41) is 2.44. The van der Waals surface area contributed by atoms with Gasteiger partial charge < -0.3 is 9.15 Å². The molecule has 0 fully saturated rings. The fraction of sp³-hybridized carbons (Fsp3) is 0.471. The Labute approximate surface area is 135 Å². The number of carbonyl (C=O) groups excluding carboxylic acids is 2. The van der Waals surface area contributed by atoms with Crippen molar-refractivity contribution < 1.29 is 18.7 Å². The van der Waals surface area contributed by atoms with Gasteiger partial charge in [-0.3, -0.25) is 10.1 Å². The Morgan fingerprint density at radius 1 is 1.43 bits per heavy atom. The highest BCUT2D eigenvalue weighted by atomic mass is 16.5. The molecule has 0 saturated heterocycles. The van der Waals surface area contributed by atoms with Crippen LogP contribution in [0.5, 0.6) is 0 Å². The number of ketones is 1. The van der Waals surface area contributed by atoms with Crippen LogP contribution in [-0.2, 0) is 4.74 Å². The normalized spacial score (nSPS) is 12.2. The van der Waals surface area contributed by atoms with Gasteiger partial charge in [-0.05, 0) is 31.4 Å². The van der Waals surface area contributed by atoms with E-state index in [1.54, 1.807) is 26.0 Å².